The maximum absolute atomic E-state index is 14.1. The van der Waals surface area contributed by atoms with Crippen molar-refractivity contribution in [3.05, 3.63) is 63.9 Å². The highest BCUT2D eigenvalue weighted by molar-refractivity contribution is 9.10. The van der Waals surface area contributed by atoms with Gasteiger partial charge in [-0.25, -0.2) is 12.8 Å². The molecule has 25 heavy (non-hydrogen) atoms. The Morgan fingerprint density at radius 1 is 1.16 bits per heavy atom. The molecule has 2 aliphatic rings. The Balaban J connectivity index is 1.85. The summed E-state index contributed by atoms with van der Waals surface area (Å²) in [4.78, 5) is 0.243. The minimum Gasteiger partial charge on any atom is -0.262 e. The second kappa shape index (κ2) is 5.95. The van der Waals surface area contributed by atoms with Gasteiger partial charge in [0.05, 0.1) is 21.6 Å². The van der Waals surface area contributed by atoms with Crippen LogP contribution in [0.2, 0.25) is 0 Å². The van der Waals surface area contributed by atoms with Crippen LogP contribution in [-0.2, 0) is 10.0 Å². The molecule has 1 aliphatic heterocycles. The van der Waals surface area contributed by atoms with Gasteiger partial charge >= 0.3 is 0 Å². The topological polar surface area (TPSA) is 37.4 Å². The molecule has 130 valence electrons. The van der Waals surface area contributed by atoms with Crippen LogP contribution in [0.3, 0.4) is 0 Å². The molecule has 0 spiro atoms. The zero-order valence-electron chi connectivity index (χ0n) is 13.7. The molecule has 0 aromatic heterocycles. The highest BCUT2D eigenvalue weighted by Crippen LogP contribution is 2.48. The third-order valence-electron chi connectivity index (χ3n) is 4.72. The van der Waals surface area contributed by atoms with Crippen LogP contribution >= 0.6 is 15.9 Å². The number of hydrogen-bond donors (Lipinski definition) is 0. The maximum atomic E-state index is 14.1. The summed E-state index contributed by atoms with van der Waals surface area (Å²) >= 11 is 3.19. The molecule has 0 radical (unpaired) electrons. The number of allylic oxidation sites excluding steroid dienone is 1. The van der Waals surface area contributed by atoms with Crippen LogP contribution < -0.4 is 4.31 Å². The monoisotopic (exact) mass is 421 g/mol. The fraction of sp³-hybridized carbons (Fsp3) is 0.263. The molecule has 1 saturated carbocycles. The van der Waals surface area contributed by atoms with E-state index in [1.807, 2.05) is 13.0 Å². The maximum Gasteiger partial charge on any atom is 0.264 e. The van der Waals surface area contributed by atoms with E-state index in [-0.39, 0.29) is 21.7 Å². The molecule has 2 aromatic carbocycles. The van der Waals surface area contributed by atoms with Crippen LogP contribution in [0, 0.1) is 18.7 Å². The van der Waals surface area contributed by atoms with E-state index in [9.17, 15) is 12.8 Å². The second-order valence-corrected chi connectivity index (χ2v) is 9.28. The molecule has 0 saturated heterocycles. The van der Waals surface area contributed by atoms with Gasteiger partial charge in [-0.05, 0) is 71.5 Å². The standard InChI is InChI=1S/C19H17BrFNO2S/c1-12-2-6-14(7-3-12)25(23,24)22-9-8-15(13-4-5-13)16-10-18(21)17(20)11-19(16)22/h2-3,6-8,10-11,13H,4-5,9H2,1H3. The van der Waals surface area contributed by atoms with Gasteiger partial charge < -0.3 is 0 Å². The van der Waals surface area contributed by atoms with Crippen molar-refractivity contribution in [3.8, 4) is 0 Å². The molecule has 0 unspecified atom stereocenters. The smallest absolute Gasteiger partial charge is 0.262 e. The molecule has 6 heteroatoms. The number of aryl methyl sites for hydroxylation is 1. The number of fused-ring (bicyclic) bond motifs is 1. The Kier molecular flexibility index (Phi) is 4.00. The van der Waals surface area contributed by atoms with Crippen LogP contribution in [-0.4, -0.2) is 15.0 Å². The predicted molar refractivity (Wildman–Crippen MR) is 101 cm³/mol. The van der Waals surface area contributed by atoms with Gasteiger partial charge in [0.1, 0.15) is 5.82 Å². The Labute approximate surface area is 155 Å². The van der Waals surface area contributed by atoms with Gasteiger partial charge in [-0.1, -0.05) is 23.8 Å². The van der Waals surface area contributed by atoms with Gasteiger partial charge in [-0.3, -0.25) is 4.31 Å². The Morgan fingerprint density at radius 2 is 1.84 bits per heavy atom. The Morgan fingerprint density at radius 3 is 2.48 bits per heavy atom. The summed E-state index contributed by atoms with van der Waals surface area (Å²) in [6.45, 7) is 2.18. The number of hydrogen-bond acceptors (Lipinski definition) is 2. The van der Waals surface area contributed by atoms with Crippen LogP contribution in [0.5, 0.6) is 0 Å². The van der Waals surface area contributed by atoms with E-state index < -0.39 is 10.0 Å². The third-order valence-corrected chi connectivity index (χ3v) is 7.12. The first-order chi connectivity index (χ1) is 11.9. The summed E-state index contributed by atoms with van der Waals surface area (Å²) in [6.07, 6.45) is 4.08. The van der Waals surface area contributed by atoms with Crippen molar-refractivity contribution < 1.29 is 12.8 Å². The lowest BCUT2D eigenvalue weighted by Crippen LogP contribution is -2.34. The molecule has 1 heterocycles. The summed E-state index contributed by atoms with van der Waals surface area (Å²) in [6, 6.07) is 9.81. The summed E-state index contributed by atoms with van der Waals surface area (Å²) in [7, 11) is -3.71. The van der Waals surface area contributed by atoms with Crippen molar-refractivity contribution in [1.82, 2.24) is 0 Å². The molecule has 3 nitrogen and oxygen atoms in total. The number of rotatable bonds is 3. The van der Waals surface area contributed by atoms with E-state index in [1.165, 1.54) is 10.4 Å². The van der Waals surface area contributed by atoms with E-state index in [2.05, 4.69) is 15.9 Å². The fourth-order valence-electron chi connectivity index (χ4n) is 3.21. The van der Waals surface area contributed by atoms with Crippen molar-refractivity contribution in [1.29, 1.82) is 0 Å². The number of anilines is 1. The van der Waals surface area contributed by atoms with E-state index in [0.717, 1.165) is 24.0 Å². The van der Waals surface area contributed by atoms with E-state index in [0.29, 0.717) is 17.2 Å². The lowest BCUT2D eigenvalue weighted by Gasteiger charge is -2.30. The first kappa shape index (κ1) is 16.8. The second-order valence-electron chi connectivity index (χ2n) is 6.57. The zero-order chi connectivity index (χ0) is 17.8. The number of halogens is 2. The first-order valence-electron chi connectivity index (χ1n) is 8.17. The van der Waals surface area contributed by atoms with Gasteiger partial charge in [0.25, 0.3) is 10.0 Å². The number of sulfonamides is 1. The van der Waals surface area contributed by atoms with Crippen LogP contribution in [0.1, 0.15) is 24.0 Å². The molecule has 2 aromatic rings. The van der Waals surface area contributed by atoms with Gasteiger partial charge in [-0.15, -0.1) is 0 Å². The normalized spacial score (nSPS) is 17.2. The molecule has 4 rings (SSSR count). The van der Waals surface area contributed by atoms with Gasteiger partial charge in [0.15, 0.2) is 0 Å². The van der Waals surface area contributed by atoms with Crippen molar-refractivity contribution in [2.24, 2.45) is 5.92 Å². The van der Waals surface area contributed by atoms with Crippen molar-refractivity contribution in [2.75, 3.05) is 10.8 Å². The average molecular weight is 422 g/mol. The number of benzene rings is 2. The highest BCUT2D eigenvalue weighted by Gasteiger charge is 2.35. The fourth-order valence-corrected chi connectivity index (χ4v) is 4.96. The Hall–Kier alpha value is -1.66. The average Bonchev–Trinajstić information content (AvgIpc) is 3.40. The quantitative estimate of drug-likeness (QED) is 0.706. The van der Waals surface area contributed by atoms with E-state index in [4.69, 9.17) is 0 Å². The Bertz CT molecular complexity index is 979. The van der Waals surface area contributed by atoms with Crippen LogP contribution in [0.15, 0.2) is 51.8 Å². The summed E-state index contributed by atoms with van der Waals surface area (Å²) in [5.74, 6) is 0.0449. The largest absolute Gasteiger partial charge is 0.264 e. The van der Waals surface area contributed by atoms with Gasteiger partial charge in [0.2, 0.25) is 0 Å². The predicted octanol–water partition coefficient (Wildman–Crippen LogP) is 4.90. The zero-order valence-corrected chi connectivity index (χ0v) is 16.1. The molecule has 0 N–H and O–H groups in total. The third kappa shape index (κ3) is 2.91. The van der Waals surface area contributed by atoms with Crippen molar-refractivity contribution in [3.63, 3.8) is 0 Å². The number of nitrogens with zero attached hydrogens (tertiary/aromatic N) is 1. The van der Waals surface area contributed by atoms with E-state index in [1.54, 1.807) is 30.3 Å². The molecule has 0 amide bonds. The lowest BCUT2D eigenvalue weighted by molar-refractivity contribution is 0.592. The van der Waals surface area contributed by atoms with Crippen LogP contribution in [0.4, 0.5) is 10.1 Å². The van der Waals surface area contributed by atoms with Gasteiger partial charge in [0, 0.05) is 5.56 Å². The summed E-state index contributed by atoms with van der Waals surface area (Å²) < 4.78 is 42.0. The minimum absolute atomic E-state index is 0.243. The van der Waals surface area contributed by atoms with Crippen LogP contribution in [0.25, 0.3) is 5.57 Å². The van der Waals surface area contributed by atoms with Crippen molar-refractivity contribution >= 4 is 37.2 Å². The molecular weight excluding hydrogens is 405 g/mol. The first-order valence-corrected chi connectivity index (χ1v) is 10.4. The highest BCUT2D eigenvalue weighted by atomic mass is 79.9. The molecule has 1 fully saturated rings. The van der Waals surface area contributed by atoms with Gasteiger partial charge in [-0.2, -0.15) is 0 Å². The minimum atomic E-state index is -3.71. The van der Waals surface area contributed by atoms with E-state index >= 15 is 0 Å². The molecule has 0 atom stereocenters. The summed E-state index contributed by atoms with van der Waals surface area (Å²) in [5.41, 5.74) is 3.29. The lowest BCUT2D eigenvalue weighted by atomic mass is 9.96. The summed E-state index contributed by atoms with van der Waals surface area (Å²) in [5, 5.41) is 0. The molecular formula is C19H17BrFNO2S. The molecule has 1 aliphatic carbocycles. The van der Waals surface area contributed by atoms with Crippen molar-refractivity contribution in [2.45, 2.75) is 24.7 Å². The SMILES string of the molecule is Cc1ccc(S(=O)(=O)N2CC=C(C3CC3)c3cc(F)c(Br)cc32)cc1. The molecule has 0 bridgehead atoms.